The smallest absolute Gasteiger partial charge is 0.248 e. The fraction of sp³-hybridized carbons (Fsp3) is 0. The van der Waals surface area contributed by atoms with E-state index < -0.39 is 11.7 Å². The summed E-state index contributed by atoms with van der Waals surface area (Å²) in [6, 6.07) is 10.9. The average molecular weight is 310 g/mol. The Morgan fingerprint density at radius 3 is 2.60 bits per heavy atom. The minimum absolute atomic E-state index is 0.129. The van der Waals surface area contributed by atoms with E-state index in [0.717, 1.165) is 0 Å². The van der Waals surface area contributed by atoms with Gasteiger partial charge in [0.25, 0.3) is 0 Å². The van der Waals surface area contributed by atoms with Crippen molar-refractivity contribution in [3.63, 3.8) is 0 Å². The first-order chi connectivity index (χ1) is 9.56. The number of carbonyl (C=O) groups excluding carboxylic acids is 1. The van der Waals surface area contributed by atoms with Gasteiger partial charge in [0.2, 0.25) is 5.91 Å². The predicted molar refractivity (Wildman–Crippen MR) is 80.5 cm³/mol. The zero-order valence-electron chi connectivity index (χ0n) is 10.2. The van der Waals surface area contributed by atoms with Gasteiger partial charge in [-0.05, 0) is 35.9 Å². The molecule has 2 aromatic carbocycles. The number of halogens is 3. The normalized spacial score (nSPS) is 10.8. The van der Waals surface area contributed by atoms with Crippen molar-refractivity contribution in [2.24, 2.45) is 0 Å². The number of carbonyl (C=O) groups is 1. The molecule has 2 aromatic rings. The summed E-state index contributed by atoms with van der Waals surface area (Å²) in [4.78, 5) is 11.7. The molecule has 2 nitrogen and oxygen atoms in total. The van der Waals surface area contributed by atoms with E-state index in [9.17, 15) is 9.18 Å². The van der Waals surface area contributed by atoms with Gasteiger partial charge in [-0.15, -0.1) is 0 Å². The first-order valence-electron chi connectivity index (χ1n) is 5.75. The number of benzene rings is 2. The summed E-state index contributed by atoms with van der Waals surface area (Å²) >= 11 is 11.7. The second-order valence-electron chi connectivity index (χ2n) is 3.97. The van der Waals surface area contributed by atoms with Crippen LogP contribution >= 0.6 is 23.2 Å². The Bertz CT molecular complexity index is 671. The number of hydrogen-bond donors (Lipinski definition) is 1. The molecule has 0 radical (unpaired) electrons. The van der Waals surface area contributed by atoms with Crippen LogP contribution in [0.2, 0.25) is 10.0 Å². The van der Waals surface area contributed by atoms with Crippen molar-refractivity contribution in [1.82, 2.24) is 0 Å². The van der Waals surface area contributed by atoms with Crippen molar-refractivity contribution < 1.29 is 9.18 Å². The van der Waals surface area contributed by atoms with Crippen LogP contribution in [0.1, 0.15) is 5.56 Å². The van der Waals surface area contributed by atoms with E-state index in [4.69, 9.17) is 23.2 Å². The zero-order chi connectivity index (χ0) is 14.5. The highest BCUT2D eigenvalue weighted by Gasteiger charge is 2.03. The molecule has 0 aliphatic heterocycles. The quantitative estimate of drug-likeness (QED) is 0.812. The maximum atomic E-state index is 13.3. The third kappa shape index (κ3) is 3.83. The van der Waals surface area contributed by atoms with Crippen molar-refractivity contribution >= 4 is 40.9 Å². The number of hydrogen-bond acceptors (Lipinski definition) is 1. The number of anilines is 1. The average Bonchev–Trinajstić information content (AvgIpc) is 2.40. The molecule has 20 heavy (non-hydrogen) atoms. The van der Waals surface area contributed by atoms with Gasteiger partial charge in [-0.25, -0.2) is 4.39 Å². The SMILES string of the molecule is O=C(C=Cc1ccc(Cl)cc1Cl)Nc1ccccc1F. The van der Waals surface area contributed by atoms with Crippen LogP contribution in [0.4, 0.5) is 10.1 Å². The third-order valence-corrected chi connectivity index (χ3v) is 3.07. The summed E-state index contributed by atoms with van der Waals surface area (Å²) < 4.78 is 13.3. The molecule has 0 unspecified atom stereocenters. The second kappa shape index (κ2) is 6.55. The topological polar surface area (TPSA) is 29.1 Å². The van der Waals surface area contributed by atoms with Crippen LogP contribution in [-0.4, -0.2) is 5.91 Å². The largest absolute Gasteiger partial charge is 0.320 e. The van der Waals surface area contributed by atoms with E-state index in [1.807, 2.05) is 0 Å². The number of rotatable bonds is 3. The highest BCUT2D eigenvalue weighted by molar-refractivity contribution is 6.35. The van der Waals surface area contributed by atoms with Crippen LogP contribution in [0, 0.1) is 5.82 Å². The highest BCUT2D eigenvalue weighted by Crippen LogP contribution is 2.22. The van der Waals surface area contributed by atoms with Gasteiger partial charge < -0.3 is 5.32 Å². The van der Waals surface area contributed by atoms with Crippen LogP contribution < -0.4 is 5.32 Å². The molecule has 0 aromatic heterocycles. The molecular formula is C15H10Cl2FNO. The van der Waals surface area contributed by atoms with Crippen molar-refractivity contribution in [3.05, 3.63) is 70.0 Å². The lowest BCUT2D eigenvalue weighted by atomic mass is 10.2. The van der Waals surface area contributed by atoms with Gasteiger partial charge in [-0.2, -0.15) is 0 Å². The van der Waals surface area contributed by atoms with Crippen molar-refractivity contribution in [2.45, 2.75) is 0 Å². The van der Waals surface area contributed by atoms with Crippen LogP contribution in [0.15, 0.2) is 48.5 Å². The molecule has 0 saturated heterocycles. The first-order valence-corrected chi connectivity index (χ1v) is 6.50. The molecule has 0 bridgehead atoms. The maximum absolute atomic E-state index is 13.3. The fourth-order valence-corrected chi connectivity index (χ4v) is 2.01. The molecule has 5 heteroatoms. The minimum atomic E-state index is -0.487. The molecule has 0 saturated carbocycles. The summed E-state index contributed by atoms with van der Waals surface area (Å²) in [6.45, 7) is 0. The highest BCUT2D eigenvalue weighted by atomic mass is 35.5. The van der Waals surface area contributed by atoms with Gasteiger partial charge in [0.1, 0.15) is 5.82 Å². The van der Waals surface area contributed by atoms with E-state index in [0.29, 0.717) is 15.6 Å². The van der Waals surface area contributed by atoms with E-state index >= 15 is 0 Å². The minimum Gasteiger partial charge on any atom is -0.320 e. The second-order valence-corrected chi connectivity index (χ2v) is 4.81. The zero-order valence-corrected chi connectivity index (χ0v) is 11.8. The number of amides is 1. The van der Waals surface area contributed by atoms with Gasteiger partial charge in [0.15, 0.2) is 0 Å². The maximum Gasteiger partial charge on any atom is 0.248 e. The predicted octanol–water partition coefficient (Wildman–Crippen LogP) is 4.78. The monoisotopic (exact) mass is 309 g/mol. The van der Waals surface area contributed by atoms with E-state index in [1.54, 1.807) is 30.3 Å². The molecule has 0 heterocycles. The molecule has 1 amide bonds. The molecule has 0 spiro atoms. The summed E-state index contributed by atoms with van der Waals surface area (Å²) in [5.41, 5.74) is 0.782. The summed E-state index contributed by atoms with van der Waals surface area (Å²) in [5, 5.41) is 3.40. The van der Waals surface area contributed by atoms with Gasteiger partial charge in [-0.3, -0.25) is 4.79 Å². The Morgan fingerprint density at radius 1 is 1.15 bits per heavy atom. The third-order valence-electron chi connectivity index (χ3n) is 2.51. The number of nitrogens with one attached hydrogen (secondary N) is 1. The summed E-state index contributed by atoms with van der Waals surface area (Å²) in [6.07, 6.45) is 2.82. The molecule has 102 valence electrons. The van der Waals surface area contributed by atoms with Crippen LogP contribution in [0.25, 0.3) is 6.08 Å². The Balaban J connectivity index is 2.08. The molecule has 0 aliphatic rings. The van der Waals surface area contributed by atoms with E-state index in [1.165, 1.54) is 24.3 Å². The van der Waals surface area contributed by atoms with Crippen molar-refractivity contribution in [3.8, 4) is 0 Å². The molecular weight excluding hydrogens is 300 g/mol. The van der Waals surface area contributed by atoms with Crippen LogP contribution in [0.5, 0.6) is 0 Å². The lowest BCUT2D eigenvalue weighted by Gasteiger charge is -2.03. The van der Waals surface area contributed by atoms with Crippen LogP contribution in [0.3, 0.4) is 0 Å². The van der Waals surface area contributed by atoms with Gasteiger partial charge >= 0.3 is 0 Å². The molecule has 1 N–H and O–H groups in total. The molecule has 0 aliphatic carbocycles. The van der Waals surface area contributed by atoms with E-state index in [2.05, 4.69) is 5.32 Å². The lowest BCUT2D eigenvalue weighted by molar-refractivity contribution is -0.111. The van der Waals surface area contributed by atoms with Crippen LogP contribution in [-0.2, 0) is 4.79 Å². The van der Waals surface area contributed by atoms with E-state index in [-0.39, 0.29) is 5.69 Å². The summed E-state index contributed by atoms with van der Waals surface area (Å²) in [5.74, 6) is -0.931. The van der Waals surface area contributed by atoms with Gasteiger partial charge in [0.05, 0.1) is 5.69 Å². The van der Waals surface area contributed by atoms with Gasteiger partial charge in [-0.1, -0.05) is 41.4 Å². The number of para-hydroxylation sites is 1. The Hall–Kier alpha value is -1.84. The van der Waals surface area contributed by atoms with Gasteiger partial charge in [0, 0.05) is 16.1 Å². The van der Waals surface area contributed by atoms with Crippen molar-refractivity contribution in [1.29, 1.82) is 0 Å². The summed E-state index contributed by atoms with van der Waals surface area (Å²) in [7, 11) is 0. The Morgan fingerprint density at radius 2 is 1.90 bits per heavy atom. The lowest BCUT2D eigenvalue weighted by Crippen LogP contribution is -2.09. The molecule has 0 atom stereocenters. The molecule has 0 fully saturated rings. The Labute approximate surface area is 125 Å². The standard InChI is InChI=1S/C15H10Cl2FNO/c16-11-7-5-10(12(17)9-11)6-8-15(20)19-14-4-2-1-3-13(14)18/h1-9H,(H,19,20). The van der Waals surface area contributed by atoms with Crippen molar-refractivity contribution in [2.75, 3.05) is 5.32 Å². The Kier molecular flexibility index (Phi) is 4.77. The molecule has 2 rings (SSSR count). The fourth-order valence-electron chi connectivity index (χ4n) is 1.54. The first kappa shape index (κ1) is 14.6.